The van der Waals surface area contributed by atoms with Gasteiger partial charge in [-0.25, -0.2) is 9.79 Å². The summed E-state index contributed by atoms with van der Waals surface area (Å²) in [5.74, 6) is -1.15. The van der Waals surface area contributed by atoms with E-state index < -0.39 is 5.97 Å². The van der Waals surface area contributed by atoms with Gasteiger partial charge in [0.25, 0.3) is 5.91 Å². The van der Waals surface area contributed by atoms with Crippen LogP contribution in [-0.4, -0.2) is 39.2 Å². The third-order valence-electron chi connectivity index (χ3n) is 3.67. The molecule has 1 saturated heterocycles. The minimum absolute atomic E-state index is 0.124. The van der Waals surface area contributed by atoms with E-state index >= 15 is 0 Å². The van der Waals surface area contributed by atoms with E-state index in [9.17, 15) is 14.7 Å². The molecule has 0 saturated carbocycles. The normalized spacial score (nSPS) is 17.1. The van der Waals surface area contributed by atoms with Crippen LogP contribution < -0.4 is 0 Å². The summed E-state index contributed by atoms with van der Waals surface area (Å²) < 4.78 is 1.65. The lowest BCUT2D eigenvalue weighted by Gasteiger charge is -2.07. The predicted molar refractivity (Wildman–Crippen MR) is 122 cm³/mol. The number of hydrogen-bond acceptors (Lipinski definition) is 5. The number of carbonyl (C=O) groups is 2. The number of rotatable bonds is 3. The molecule has 2 aromatic rings. The van der Waals surface area contributed by atoms with E-state index in [0.29, 0.717) is 24.9 Å². The molecule has 1 aliphatic rings. The molecule has 2 aromatic carbocycles. The molecular weight excluding hydrogens is 594 g/mol. The Kier molecular flexibility index (Phi) is 6.11. The minimum Gasteiger partial charge on any atom is -0.506 e. The highest BCUT2D eigenvalue weighted by Crippen LogP contribution is 2.36. The number of phenols is 1. The molecule has 138 valence electrons. The number of benzene rings is 2. The third kappa shape index (κ3) is 4.46. The molecule has 0 unspecified atom stereocenters. The lowest BCUT2D eigenvalue weighted by atomic mass is 10.2. The SMILES string of the molecule is CN1C(=O)C(=Cc2cc(I)cc(I)c2O)SC1=Nc1cccc(C(=O)O)c1. The van der Waals surface area contributed by atoms with Crippen molar-refractivity contribution in [2.45, 2.75) is 0 Å². The number of thioether (sulfide) groups is 1. The number of nitrogens with zero attached hydrogens (tertiary/aromatic N) is 2. The number of amides is 1. The minimum atomic E-state index is -1.04. The maximum Gasteiger partial charge on any atom is 0.335 e. The Bertz CT molecular complexity index is 1020. The summed E-state index contributed by atoms with van der Waals surface area (Å²) in [6.07, 6.45) is 1.64. The second-order valence-corrected chi connectivity index (χ2v) is 8.97. The highest BCUT2D eigenvalue weighted by molar-refractivity contribution is 14.1. The first-order valence-electron chi connectivity index (χ1n) is 7.54. The maximum atomic E-state index is 12.5. The number of halogens is 2. The lowest BCUT2D eigenvalue weighted by Crippen LogP contribution is -2.23. The lowest BCUT2D eigenvalue weighted by molar-refractivity contribution is -0.121. The van der Waals surface area contributed by atoms with Gasteiger partial charge in [0, 0.05) is 16.2 Å². The fraction of sp³-hybridized carbons (Fsp3) is 0.0556. The fourth-order valence-corrected chi connectivity index (χ4v) is 5.18. The molecule has 0 bridgehead atoms. The van der Waals surface area contributed by atoms with Gasteiger partial charge in [-0.15, -0.1) is 0 Å². The molecule has 1 fully saturated rings. The van der Waals surface area contributed by atoms with E-state index in [4.69, 9.17) is 5.11 Å². The monoisotopic (exact) mass is 606 g/mol. The summed E-state index contributed by atoms with van der Waals surface area (Å²) in [7, 11) is 1.61. The van der Waals surface area contributed by atoms with Crippen molar-refractivity contribution in [3.63, 3.8) is 0 Å². The molecule has 6 nitrogen and oxygen atoms in total. The average Bonchev–Trinajstić information content (AvgIpc) is 2.87. The van der Waals surface area contributed by atoms with E-state index in [1.807, 2.05) is 28.7 Å². The number of likely N-dealkylation sites (N-methyl/N-ethyl adjacent to an activating group) is 1. The first kappa shape index (κ1) is 20.1. The number of phenolic OH excluding ortho intramolecular Hbond substituents is 1. The van der Waals surface area contributed by atoms with Crippen LogP contribution >= 0.6 is 56.9 Å². The van der Waals surface area contributed by atoms with Crippen molar-refractivity contribution in [2.75, 3.05) is 7.05 Å². The average molecular weight is 606 g/mol. The highest BCUT2D eigenvalue weighted by atomic mass is 127. The molecular formula is C18H12I2N2O4S. The molecule has 27 heavy (non-hydrogen) atoms. The summed E-state index contributed by atoms with van der Waals surface area (Å²) in [6.45, 7) is 0. The Morgan fingerprint density at radius 1 is 1.26 bits per heavy atom. The zero-order valence-electron chi connectivity index (χ0n) is 13.8. The summed E-state index contributed by atoms with van der Waals surface area (Å²) in [6, 6.07) is 9.85. The van der Waals surface area contributed by atoms with Crippen molar-refractivity contribution in [3.05, 3.63) is 59.6 Å². The van der Waals surface area contributed by atoms with Gasteiger partial charge in [0.15, 0.2) is 5.17 Å². The Balaban J connectivity index is 1.96. The number of aromatic carboxylic acids is 1. The molecule has 0 atom stereocenters. The molecule has 0 aliphatic carbocycles. The summed E-state index contributed by atoms with van der Waals surface area (Å²) >= 11 is 5.37. The Labute approximate surface area is 186 Å². The van der Waals surface area contributed by atoms with Crippen LogP contribution in [0.2, 0.25) is 0 Å². The van der Waals surface area contributed by atoms with Gasteiger partial charge in [0.1, 0.15) is 5.75 Å². The maximum absolute atomic E-state index is 12.5. The van der Waals surface area contributed by atoms with Crippen molar-refractivity contribution in [2.24, 2.45) is 4.99 Å². The van der Waals surface area contributed by atoms with Gasteiger partial charge in [-0.2, -0.15) is 0 Å². The van der Waals surface area contributed by atoms with Gasteiger partial charge < -0.3 is 10.2 Å². The van der Waals surface area contributed by atoms with E-state index in [2.05, 4.69) is 27.6 Å². The molecule has 0 aromatic heterocycles. The van der Waals surface area contributed by atoms with Gasteiger partial charge >= 0.3 is 5.97 Å². The van der Waals surface area contributed by atoms with E-state index in [0.717, 1.165) is 3.57 Å². The molecule has 3 rings (SSSR count). The molecule has 9 heteroatoms. The standard InChI is InChI=1S/C18H12I2N2O4S/c1-22-16(24)14(7-10-5-11(19)8-13(20)15(10)23)27-18(22)21-12-4-2-3-9(6-12)17(25)26/h2-8,23H,1H3,(H,25,26). The molecule has 2 N–H and O–H groups in total. The molecule has 0 spiro atoms. The van der Waals surface area contributed by atoms with Crippen LogP contribution in [0.1, 0.15) is 15.9 Å². The zero-order chi connectivity index (χ0) is 19.7. The Morgan fingerprint density at radius 2 is 2.00 bits per heavy atom. The zero-order valence-corrected chi connectivity index (χ0v) is 18.9. The van der Waals surface area contributed by atoms with E-state index in [-0.39, 0.29) is 17.2 Å². The second kappa shape index (κ2) is 8.19. The summed E-state index contributed by atoms with van der Waals surface area (Å²) in [5, 5.41) is 19.8. The number of aliphatic imine (C=N–C) groups is 1. The topological polar surface area (TPSA) is 90.2 Å². The molecule has 1 amide bonds. The van der Waals surface area contributed by atoms with Crippen molar-refractivity contribution in [1.82, 2.24) is 4.90 Å². The fourth-order valence-electron chi connectivity index (χ4n) is 2.31. The van der Waals surface area contributed by atoms with Crippen molar-refractivity contribution >= 4 is 85.8 Å². The van der Waals surface area contributed by atoms with Crippen LogP contribution in [0.5, 0.6) is 5.75 Å². The molecule has 0 radical (unpaired) electrons. The summed E-state index contributed by atoms with van der Waals surface area (Å²) in [5.41, 5.74) is 1.14. The van der Waals surface area contributed by atoms with Crippen molar-refractivity contribution < 1.29 is 19.8 Å². The van der Waals surface area contributed by atoms with E-state index in [1.165, 1.54) is 28.8 Å². The Hall–Kier alpha value is -1.60. The van der Waals surface area contributed by atoms with Crippen LogP contribution in [0, 0.1) is 7.14 Å². The number of carboxylic acids is 1. The highest BCUT2D eigenvalue weighted by Gasteiger charge is 2.30. The molecule has 1 aliphatic heterocycles. The van der Waals surface area contributed by atoms with E-state index in [1.54, 1.807) is 31.3 Å². The number of carbonyl (C=O) groups excluding carboxylic acids is 1. The van der Waals surface area contributed by atoms with Crippen molar-refractivity contribution in [1.29, 1.82) is 0 Å². The molecule has 1 heterocycles. The number of carboxylic acid groups (broad SMARTS) is 1. The van der Waals surface area contributed by atoms with Crippen LogP contribution in [0.4, 0.5) is 5.69 Å². The Morgan fingerprint density at radius 3 is 2.70 bits per heavy atom. The first-order valence-corrected chi connectivity index (χ1v) is 10.5. The number of hydrogen-bond donors (Lipinski definition) is 2. The van der Waals surface area contributed by atoms with Gasteiger partial charge in [-0.05, 0) is 93.4 Å². The largest absolute Gasteiger partial charge is 0.506 e. The van der Waals surface area contributed by atoms with Crippen molar-refractivity contribution in [3.8, 4) is 5.75 Å². The van der Waals surface area contributed by atoms with Gasteiger partial charge in [0.2, 0.25) is 0 Å². The van der Waals surface area contributed by atoms with Gasteiger partial charge in [-0.3, -0.25) is 9.69 Å². The van der Waals surface area contributed by atoms with Crippen LogP contribution in [0.3, 0.4) is 0 Å². The smallest absolute Gasteiger partial charge is 0.335 e. The first-order chi connectivity index (χ1) is 12.8. The van der Waals surface area contributed by atoms with Gasteiger partial charge in [-0.1, -0.05) is 6.07 Å². The van der Waals surface area contributed by atoms with Crippen LogP contribution in [0.15, 0.2) is 46.3 Å². The predicted octanol–water partition coefficient (Wildman–Crippen LogP) is 4.53. The summed E-state index contributed by atoms with van der Waals surface area (Å²) in [4.78, 5) is 29.9. The quantitative estimate of drug-likeness (QED) is 0.396. The third-order valence-corrected chi connectivity index (χ3v) is 6.17. The number of aromatic hydroxyl groups is 1. The number of amidine groups is 1. The van der Waals surface area contributed by atoms with Crippen LogP contribution in [-0.2, 0) is 4.79 Å². The second-order valence-electron chi connectivity index (χ2n) is 5.55. The van der Waals surface area contributed by atoms with Crippen LogP contribution in [0.25, 0.3) is 6.08 Å². The van der Waals surface area contributed by atoms with Gasteiger partial charge in [0.05, 0.1) is 19.7 Å².